The summed E-state index contributed by atoms with van der Waals surface area (Å²) in [6.07, 6.45) is 4.68. The summed E-state index contributed by atoms with van der Waals surface area (Å²) in [6, 6.07) is 3.07. The molecule has 2 aliphatic rings. The lowest BCUT2D eigenvalue weighted by molar-refractivity contribution is -0.0886. The highest BCUT2D eigenvalue weighted by atomic mass is 16.3. The molecular weight excluding hydrogens is 268 g/mol. The number of carbonyl (C=O) groups excluding carboxylic acids is 1. The van der Waals surface area contributed by atoms with Gasteiger partial charge < -0.3 is 15.0 Å². The first-order valence-electron chi connectivity index (χ1n) is 7.70. The molecule has 1 amide bonds. The molecular formula is C16H22N2O3. The van der Waals surface area contributed by atoms with E-state index in [1.54, 1.807) is 17.9 Å². The summed E-state index contributed by atoms with van der Waals surface area (Å²) in [6.45, 7) is 2.94. The van der Waals surface area contributed by atoms with Crippen LogP contribution >= 0.6 is 0 Å². The van der Waals surface area contributed by atoms with Gasteiger partial charge in [-0.3, -0.25) is 9.59 Å². The van der Waals surface area contributed by atoms with Gasteiger partial charge in [-0.25, -0.2) is 0 Å². The fraction of sp³-hybridized carbons (Fsp3) is 0.625. The van der Waals surface area contributed by atoms with Crippen molar-refractivity contribution >= 4 is 5.91 Å². The molecule has 2 atom stereocenters. The van der Waals surface area contributed by atoms with Crippen molar-refractivity contribution in [3.8, 4) is 0 Å². The highest BCUT2D eigenvalue weighted by molar-refractivity contribution is 5.94. The fourth-order valence-electron chi connectivity index (χ4n) is 3.74. The Kier molecular flexibility index (Phi) is 3.61. The van der Waals surface area contributed by atoms with Gasteiger partial charge in [0.2, 0.25) is 5.56 Å². The second kappa shape index (κ2) is 5.30. The molecule has 5 nitrogen and oxygen atoms in total. The Morgan fingerprint density at radius 1 is 1.38 bits per heavy atom. The van der Waals surface area contributed by atoms with E-state index in [1.807, 2.05) is 0 Å². The first-order valence-corrected chi connectivity index (χ1v) is 7.70. The van der Waals surface area contributed by atoms with Crippen LogP contribution in [0.5, 0.6) is 0 Å². The van der Waals surface area contributed by atoms with Gasteiger partial charge in [-0.15, -0.1) is 0 Å². The molecule has 1 aliphatic carbocycles. The smallest absolute Gasteiger partial charge is 0.254 e. The van der Waals surface area contributed by atoms with Crippen molar-refractivity contribution in [2.24, 2.45) is 5.92 Å². The maximum atomic E-state index is 12.6. The lowest BCUT2D eigenvalue weighted by atomic mass is 9.71. The monoisotopic (exact) mass is 290 g/mol. The number of carbonyl (C=O) groups is 1. The number of aryl methyl sites for hydroxylation is 1. The molecule has 0 aromatic carbocycles. The van der Waals surface area contributed by atoms with Gasteiger partial charge in [0.05, 0.1) is 5.60 Å². The average Bonchev–Trinajstić information content (AvgIpc) is 2.44. The van der Waals surface area contributed by atoms with E-state index >= 15 is 0 Å². The molecule has 2 N–H and O–H groups in total. The topological polar surface area (TPSA) is 73.4 Å². The summed E-state index contributed by atoms with van der Waals surface area (Å²) < 4.78 is 0. The minimum atomic E-state index is -0.584. The average molecular weight is 290 g/mol. The number of hydrogen-bond acceptors (Lipinski definition) is 3. The number of fused-ring (bicyclic) bond motifs is 1. The van der Waals surface area contributed by atoms with Crippen molar-refractivity contribution < 1.29 is 9.90 Å². The summed E-state index contributed by atoms with van der Waals surface area (Å²) in [5, 5.41) is 10.7. The Balaban J connectivity index is 1.78. The van der Waals surface area contributed by atoms with Crippen LogP contribution in [0.1, 0.15) is 48.2 Å². The third-order valence-electron chi connectivity index (χ3n) is 4.94. The van der Waals surface area contributed by atoms with Crippen LogP contribution in [0.3, 0.4) is 0 Å². The second-order valence-electron chi connectivity index (χ2n) is 6.46. The van der Waals surface area contributed by atoms with Gasteiger partial charge in [0.25, 0.3) is 5.91 Å². The summed E-state index contributed by atoms with van der Waals surface area (Å²) in [7, 11) is 0. The molecule has 0 radical (unpaired) electrons. The van der Waals surface area contributed by atoms with Gasteiger partial charge in [0.1, 0.15) is 0 Å². The maximum Gasteiger partial charge on any atom is 0.254 e. The number of aromatic nitrogens is 1. The van der Waals surface area contributed by atoms with Crippen molar-refractivity contribution in [1.29, 1.82) is 0 Å². The number of aliphatic hydroxyl groups is 1. The van der Waals surface area contributed by atoms with E-state index in [1.165, 1.54) is 6.07 Å². The number of pyridine rings is 1. The Hall–Kier alpha value is -1.62. The predicted molar refractivity (Wildman–Crippen MR) is 79.2 cm³/mol. The lowest BCUT2D eigenvalue weighted by Crippen LogP contribution is -2.54. The highest BCUT2D eigenvalue weighted by Gasteiger charge is 2.43. The van der Waals surface area contributed by atoms with Crippen LogP contribution < -0.4 is 5.56 Å². The van der Waals surface area contributed by atoms with Crippen molar-refractivity contribution in [2.75, 3.05) is 13.1 Å². The number of rotatable bonds is 1. The quantitative estimate of drug-likeness (QED) is 0.822. The molecule has 1 aromatic heterocycles. The van der Waals surface area contributed by atoms with Gasteiger partial charge in [-0.05, 0) is 32.3 Å². The van der Waals surface area contributed by atoms with Crippen LogP contribution in [0, 0.1) is 12.8 Å². The van der Waals surface area contributed by atoms with Crippen molar-refractivity contribution in [3.63, 3.8) is 0 Å². The zero-order valence-electron chi connectivity index (χ0n) is 12.4. The Morgan fingerprint density at radius 2 is 2.19 bits per heavy atom. The number of hydrogen-bond donors (Lipinski definition) is 2. The number of aromatic amines is 1. The molecule has 2 unspecified atom stereocenters. The summed E-state index contributed by atoms with van der Waals surface area (Å²) in [5.74, 6) is 0.0730. The summed E-state index contributed by atoms with van der Waals surface area (Å²) in [5.41, 5.74) is 0.304. The first kappa shape index (κ1) is 14.3. The van der Waals surface area contributed by atoms with Crippen LogP contribution in [0.25, 0.3) is 0 Å². The van der Waals surface area contributed by atoms with Crippen molar-refractivity contribution in [2.45, 2.75) is 44.6 Å². The van der Waals surface area contributed by atoms with E-state index in [0.717, 1.165) is 25.7 Å². The molecule has 21 heavy (non-hydrogen) atoms. The second-order valence-corrected chi connectivity index (χ2v) is 6.46. The molecule has 5 heteroatoms. The maximum absolute atomic E-state index is 12.6. The zero-order chi connectivity index (χ0) is 15.0. The molecule has 1 aliphatic heterocycles. The summed E-state index contributed by atoms with van der Waals surface area (Å²) in [4.78, 5) is 28.5. The third kappa shape index (κ3) is 2.75. The van der Waals surface area contributed by atoms with Crippen molar-refractivity contribution in [1.82, 2.24) is 9.88 Å². The number of nitrogens with zero attached hydrogens (tertiary/aromatic N) is 1. The zero-order valence-corrected chi connectivity index (χ0v) is 12.4. The van der Waals surface area contributed by atoms with E-state index < -0.39 is 5.60 Å². The van der Waals surface area contributed by atoms with Crippen LogP contribution in [0.15, 0.2) is 16.9 Å². The van der Waals surface area contributed by atoms with Crippen LogP contribution in [0.4, 0.5) is 0 Å². The Bertz CT molecular complexity index is 610. The van der Waals surface area contributed by atoms with E-state index in [0.29, 0.717) is 30.8 Å². The molecule has 1 saturated carbocycles. The molecule has 0 spiro atoms. The molecule has 3 rings (SSSR count). The molecule has 114 valence electrons. The number of nitrogens with one attached hydrogen (secondary N) is 1. The SMILES string of the molecule is Cc1cc(C(=O)N2CCC3(O)CCCCC3C2)cc(=O)[nH]1. The molecule has 2 fully saturated rings. The molecule has 0 bridgehead atoms. The van der Waals surface area contributed by atoms with Crippen molar-refractivity contribution in [3.05, 3.63) is 33.7 Å². The van der Waals surface area contributed by atoms with Gasteiger partial charge >= 0.3 is 0 Å². The van der Waals surface area contributed by atoms with Gasteiger partial charge in [-0.1, -0.05) is 12.8 Å². The largest absolute Gasteiger partial charge is 0.389 e. The Morgan fingerprint density at radius 3 is 2.95 bits per heavy atom. The van der Waals surface area contributed by atoms with E-state index in [4.69, 9.17) is 0 Å². The number of H-pyrrole nitrogens is 1. The van der Waals surface area contributed by atoms with Crippen LogP contribution in [-0.4, -0.2) is 39.6 Å². The lowest BCUT2D eigenvalue weighted by Gasteiger charge is -2.47. The molecule has 1 saturated heterocycles. The minimum absolute atomic E-state index is 0.100. The Labute approximate surface area is 124 Å². The minimum Gasteiger partial charge on any atom is -0.389 e. The molecule has 2 heterocycles. The van der Waals surface area contributed by atoms with E-state index in [-0.39, 0.29) is 17.4 Å². The third-order valence-corrected chi connectivity index (χ3v) is 4.94. The van der Waals surface area contributed by atoms with Gasteiger partial charge in [0, 0.05) is 36.3 Å². The number of piperidine rings is 1. The standard InChI is InChI=1S/C16H22N2O3/c1-11-8-12(9-14(19)17-11)15(20)18-7-6-16(21)5-3-2-4-13(16)10-18/h8-9,13,21H,2-7,10H2,1H3,(H,17,19). The van der Waals surface area contributed by atoms with Gasteiger partial charge in [0.15, 0.2) is 0 Å². The van der Waals surface area contributed by atoms with E-state index in [9.17, 15) is 14.7 Å². The fourth-order valence-corrected chi connectivity index (χ4v) is 3.74. The van der Waals surface area contributed by atoms with Crippen LogP contribution in [-0.2, 0) is 0 Å². The first-order chi connectivity index (χ1) is 9.98. The number of amides is 1. The molecule has 1 aromatic rings. The summed E-state index contributed by atoms with van der Waals surface area (Å²) >= 11 is 0. The van der Waals surface area contributed by atoms with Gasteiger partial charge in [-0.2, -0.15) is 0 Å². The number of likely N-dealkylation sites (tertiary alicyclic amines) is 1. The van der Waals surface area contributed by atoms with Crippen LogP contribution in [0.2, 0.25) is 0 Å². The highest BCUT2D eigenvalue weighted by Crippen LogP contribution is 2.39. The van der Waals surface area contributed by atoms with E-state index in [2.05, 4.69) is 4.98 Å². The normalized spacial score (nSPS) is 29.0. The predicted octanol–water partition coefficient (Wildman–Crippen LogP) is 1.45.